The number of hydrogen-bond donors (Lipinski definition) is 3. The molecule has 18 rings (SSSR count). The topological polar surface area (TPSA) is 60.5 Å². The molecule has 3 N–H and O–H groups in total. The fraction of sp³-hybridized carbons (Fsp3) is 0.0370. The minimum Gasteiger partial charge on any atom is -0.456 e. The first kappa shape index (κ1) is 47.7. The number of benzene rings is 13. The Labute approximate surface area is 490 Å². The molecule has 0 atom stereocenters. The predicted molar refractivity (Wildman–Crippen MR) is 358 cm³/mol. The molecule has 85 heavy (non-hydrogen) atoms. The van der Waals surface area contributed by atoms with Gasteiger partial charge in [-0.05, 0) is 140 Å². The van der Waals surface area contributed by atoms with Gasteiger partial charge in [0.2, 0.25) is 0 Å². The number of furan rings is 1. The zero-order valence-corrected chi connectivity index (χ0v) is 46.9. The minimum absolute atomic E-state index is 0.833. The Bertz CT molecular complexity index is 5650. The molecular weight excluding hydrogens is 1030 g/mol. The fourth-order valence-corrected chi connectivity index (χ4v) is 15.0. The molecule has 13 aromatic carbocycles. The average Bonchev–Trinajstić information content (AvgIpc) is 2.00. The van der Waals surface area contributed by atoms with Crippen molar-refractivity contribution in [3.05, 3.63) is 277 Å². The second-order valence-corrected chi connectivity index (χ2v) is 23.2. The third-order valence-electron chi connectivity index (χ3n) is 18.8. The van der Waals surface area contributed by atoms with Crippen molar-refractivity contribution in [2.24, 2.45) is 0 Å². The molecule has 398 valence electrons. The largest absolute Gasteiger partial charge is 0.456 e. The van der Waals surface area contributed by atoms with Crippen molar-refractivity contribution in [3.8, 4) is 89.0 Å². The summed E-state index contributed by atoms with van der Waals surface area (Å²) in [5.41, 5.74) is 32.1. The van der Waals surface area contributed by atoms with Crippen LogP contribution >= 0.6 is 0 Å². The van der Waals surface area contributed by atoms with Gasteiger partial charge in [0, 0.05) is 81.9 Å². The first-order chi connectivity index (χ1) is 42.0. The van der Waals surface area contributed by atoms with Gasteiger partial charge in [-0.2, -0.15) is 0 Å². The number of nitrogens with one attached hydrogen (secondary N) is 3. The molecule has 0 spiro atoms. The van der Waals surface area contributed by atoms with E-state index in [9.17, 15) is 0 Å². The van der Waals surface area contributed by atoms with Crippen LogP contribution in [0.15, 0.2) is 259 Å². The van der Waals surface area contributed by atoms with E-state index in [1.165, 1.54) is 76.8 Å². The summed E-state index contributed by atoms with van der Waals surface area (Å²) in [4.78, 5) is 12.4. The van der Waals surface area contributed by atoms with E-state index in [4.69, 9.17) is 4.42 Å². The van der Waals surface area contributed by atoms with Gasteiger partial charge in [0.05, 0.1) is 16.6 Å². The SMILES string of the molecule is Cc1c(-c2cccc3c2Cc2ccccc2-3)c(-c2c(-c3c(-c4ccccc4)ccc4c3[nH]c3ccccc34)ccc(-c3c(-c4ccccc4)ccc4c3[nH]c3ccccc34)c2-c2cccc3oc4ccccc4c23)c2[nH]c3ccccc3c2c1C. The Kier molecular flexibility index (Phi) is 10.3. The number of aromatic nitrogens is 3. The third kappa shape index (κ3) is 6.91. The maximum Gasteiger partial charge on any atom is 0.136 e. The number of para-hydroxylation sites is 4. The monoisotopic (exact) mass is 1080 g/mol. The molecule has 0 fully saturated rings. The van der Waals surface area contributed by atoms with E-state index in [1.54, 1.807) is 0 Å². The lowest BCUT2D eigenvalue weighted by Crippen LogP contribution is -2.03. The zero-order chi connectivity index (χ0) is 56.0. The van der Waals surface area contributed by atoms with E-state index in [2.05, 4.69) is 284 Å². The van der Waals surface area contributed by atoms with E-state index < -0.39 is 0 Å². The van der Waals surface area contributed by atoms with Crippen LogP contribution in [0.3, 0.4) is 0 Å². The molecule has 0 radical (unpaired) electrons. The van der Waals surface area contributed by atoms with Crippen molar-refractivity contribution < 1.29 is 4.42 Å². The van der Waals surface area contributed by atoms with Crippen molar-refractivity contribution >= 4 is 87.4 Å². The van der Waals surface area contributed by atoms with E-state index >= 15 is 0 Å². The molecule has 4 aromatic heterocycles. The highest BCUT2D eigenvalue weighted by molar-refractivity contribution is 6.27. The van der Waals surface area contributed by atoms with Crippen molar-refractivity contribution in [1.82, 2.24) is 15.0 Å². The molecule has 17 aromatic rings. The lowest BCUT2D eigenvalue weighted by atomic mass is 9.75. The van der Waals surface area contributed by atoms with Crippen LogP contribution in [0.4, 0.5) is 0 Å². The van der Waals surface area contributed by atoms with Gasteiger partial charge in [0.25, 0.3) is 0 Å². The van der Waals surface area contributed by atoms with Crippen LogP contribution in [-0.2, 0) is 6.42 Å². The van der Waals surface area contributed by atoms with Crippen molar-refractivity contribution in [1.29, 1.82) is 0 Å². The summed E-state index contributed by atoms with van der Waals surface area (Å²) in [6.07, 6.45) is 0.833. The lowest BCUT2D eigenvalue weighted by Gasteiger charge is -2.28. The minimum atomic E-state index is 0.833. The van der Waals surface area contributed by atoms with E-state index in [-0.39, 0.29) is 0 Å². The van der Waals surface area contributed by atoms with Crippen LogP contribution in [0.25, 0.3) is 176 Å². The number of rotatable bonds is 7. The number of fused-ring (bicyclic) bond motifs is 15. The highest BCUT2D eigenvalue weighted by Gasteiger charge is 2.34. The van der Waals surface area contributed by atoms with E-state index in [0.717, 1.165) is 128 Å². The number of aryl methyl sites for hydroxylation is 1. The molecule has 0 saturated carbocycles. The molecule has 0 amide bonds. The molecule has 4 nitrogen and oxygen atoms in total. The molecule has 0 unspecified atom stereocenters. The van der Waals surface area contributed by atoms with Crippen LogP contribution < -0.4 is 0 Å². The van der Waals surface area contributed by atoms with Gasteiger partial charge >= 0.3 is 0 Å². The first-order valence-corrected chi connectivity index (χ1v) is 29.5. The third-order valence-corrected chi connectivity index (χ3v) is 18.8. The summed E-state index contributed by atoms with van der Waals surface area (Å²) >= 11 is 0. The molecule has 0 saturated heterocycles. The maximum absolute atomic E-state index is 6.99. The standard InChI is InChI=1S/C81H53N3O/c1-46-47(2)72-60-29-13-17-36-68(60)84-81(72)78(71(46)57-32-19-31-54-51-26-10-9-25-50(51)45-65(54)57)77-64(76-53(49-23-7-4-8-24-49)40-42-59-56-28-12-16-35-67(56)83-80(59)76)44-43-63(74(77)62-33-20-38-70-73(62)61-30-14-18-37-69(61)85-70)75-52(48-21-5-3-6-22-48)39-41-58-55-27-11-15-34-66(55)82-79(58)75/h3-44,82-84H,45H2,1-2H3. The molecule has 0 aliphatic heterocycles. The van der Waals surface area contributed by atoms with Crippen molar-refractivity contribution in [2.75, 3.05) is 0 Å². The molecule has 0 bridgehead atoms. The zero-order valence-electron chi connectivity index (χ0n) is 46.9. The van der Waals surface area contributed by atoms with Gasteiger partial charge in [-0.25, -0.2) is 0 Å². The van der Waals surface area contributed by atoms with E-state index in [0.29, 0.717) is 0 Å². The molecule has 4 heteroatoms. The summed E-state index contributed by atoms with van der Waals surface area (Å²) < 4.78 is 6.99. The summed E-state index contributed by atoms with van der Waals surface area (Å²) in [5, 5.41) is 9.30. The Morgan fingerprint density at radius 2 is 0.753 bits per heavy atom. The number of H-pyrrole nitrogens is 3. The smallest absolute Gasteiger partial charge is 0.136 e. The van der Waals surface area contributed by atoms with Gasteiger partial charge in [-0.3, -0.25) is 0 Å². The quantitative estimate of drug-likeness (QED) is 0.146. The van der Waals surface area contributed by atoms with Crippen molar-refractivity contribution in [3.63, 3.8) is 0 Å². The van der Waals surface area contributed by atoms with Gasteiger partial charge < -0.3 is 19.4 Å². The second-order valence-electron chi connectivity index (χ2n) is 23.2. The van der Waals surface area contributed by atoms with Crippen molar-refractivity contribution in [2.45, 2.75) is 20.3 Å². The number of aromatic amines is 3. The van der Waals surface area contributed by atoms with Crippen LogP contribution in [0.2, 0.25) is 0 Å². The molecule has 1 aliphatic carbocycles. The summed E-state index contributed by atoms with van der Waals surface area (Å²) in [6.45, 7) is 4.73. The Hall–Kier alpha value is -10.9. The second kappa shape index (κ2) is 18.3. The lowest BCUT2D eigenvalue weighted by molar-refractivity contribution is 0.669. The Morgan fingerprint density at radius 3 is 1.42 bits per heavy atom. The first-order valence-electron chi connectivity index (χ1n) is 29.5. The average molecular weight is 1080 g/mol. The van der Waals surface area contributed by atoms with Gasteiger partial charge in [0.1, 0.15) is 11.2 Å². The molecule has 1 aliphatic rings. The Balaban J connectivity index is 1.13. The van der Waals surface area contributed by atoms with Crippen LogP contribution in [0, 0.1) is 13.8 Å². The fourth-order valence-electron chi connectivity index (χ4n) is 15.0. The normalized spacial score (nSPS) is 12.3. The predicted octanol–water partition coefficient (Wildman–Crippen LogP) is 22.3. The Morgan fingerprint density at radius 1 is 0.271 bits per heavy atom. The summed E-state index contributed by atoms with van der Waals surface area (Å²) in [6, 6.07) is 94.1. The highest BCUT2D eigenvalue weighted by atomic mass is 16.3. The van der Waals surface area contributed by atoms with Gasteiger partial charge in [0.15, 0.2) is 0 Å². The van der Waals surface area contributed by atoms with Crippen LogP contribution in [0.1, 0.15) is 22.3 Å². The summed E-state index contributed by atoms with van der Waals surface area (Å²) in [5.74, 6) is 0. The van der Waals surface area contributed by atoms with Crippen LogP contribution in [-0.4, -0.2) is 15.0 Å². The van der Waals surface area contributed by atoms with E-state index in [1.807, 2.05) is 0 Å². The van der Waals surface area contributed by atoms with Crippen LogP contribution in [0.5, 0.6) is 0 Å². The highest BCUT2D eigenvalue weighted by Crippen LogP contribution is 2.59. The van der Waals surface area contributed by atoms with Gasteiger partial charge in [-0.15, -0.1) is 0 Å². The maximum atomic E-state index is 6.99. The summed E-state index contributed by atoms with van der Waals surface area (Å²) in [7, 11) is 0. The van der Waals surface area contributed by atoms with Gasteiger partial charge in [-0.1, -0.05) is 224 Å². The molecular formula is C81H53N3O. The number of hydrogen-bond acceptors (Lipinski definition) is 1. The molecule has 4 heterocycles.